The lowest BCUT2D eigenvalue weighted by atomic mass is 9.75. The van der Waals surface area contributed by atoms with E-state index >= 15 is 0 Å². The van der Waals surface area contributed by atoms with Crippen LogP contribution in [0.4, 0.5) is 0 Å². The number of thioether (sulfide) groups is 1. The van der Waals surface area contributed by atoms with Crippen molar-refractivity contribution in [1.82, 2.24) is 10.2 Å². The van der Waals surface area contributed by atoms with Gasteiger partial charge in [0.25, 0.3) is 0 Å². The van der Waals surface area contributed by atoms with Gasteiger partial charge in [0.2, 0.25) is 0 Å². The van der Waals surface area contributed by atoms with Crippen LogP contribution in [0.3, 0.4) is 0 Å². The average molecular weight is 307 g/mol. The normalized spacial score (nSPS) is 26.2. The van der Waals surface area contributed by atoms with Gasteiger partial charge in [0, 0.05) is 23.5 Å². The van der Waals surface area contributed by atoms with Crippen molar-refractivity contribution in [1.29, 1.82) is 0 Å². The number of likely N-dealkylation sites (N-methyl/N-ethyl adjacent to an activating group) is 1. The third-order valence-corrected chi connectivity index (χ3v) is 5.70. The van der Waals surface area contributed by atoms with Crippen molar-refractivity contribution in [3.63, 3.8) is 0 Å². The van der Waals surface area contributed by atoms with E-state index in [0.29, 0.717) is 5.54 Å². The molecule has 0 amide bonds. The van der Waals surface area contributed by atoms with Gasteiger partial charge in [-0.05, 0) is 56.8 Å². The van der Waals surface area contributed by atoms with E-state index < -0.39 is 0 Å². The van der Waals surface area contributed by atoms with Gasteiger partial charge in [-0.2, -0.15) is 0 Å². The molecule has 2 unspecified atom stereocenters. The molecule has 3 heteroatoms. The number of benzene rings is 1. The summed E-state index contributed by atoms with van der Waals surface area (Å²) < 4.78 is 0. The highest BCUT2D eigenvalue weighted by Crippen LogP contribution is 2.35. The van der Waals surface area contributed by atoms with Gasteiger partial charge in [0.05, 0.1) is 0 Å². The standard InChI is InChI=1S/C18H30N2S/c1-15-6-5-11-18(12-15,20(2)3)14-19-13-16-7-9-17(21-4)10-8-16/h7-10,15,19H,5-6,11-14H2,1-4H3. The molecule has 21 heavy (non-hydrogen) atoms. The van der Waals surface area contributed by atoms with Crippen molar-refractivity contribution >= 4 is 11.8 Å². The minimum absolute atomic E-state index is 0.344. The van der Waals surface area contributed by atoms with E-state index in [-0.39, 0.29) is 0 Å². The first kappa shape index (κ1) is 16.9. The first-order chi connectivity index (χ1) is 10.1. The van der Waals surface area contributed by atoms with Gasteiger partial charge in [-0.1, -0.05) is 31.9 Å². The third kappa shape index (κ3) is 4.48. The van der Waals surface area contributed by atoms with Crippen molar-refractivity contribution in [2.45, 2.75) is 49.6 Å². The minimum atomic E-state index is 0.344. The molecule has 2 atom stereocenters. The van der Waals surface area contributed by atoms with Crippen LogP contribution < -0.4 is 5.32 Å². The van der Waals surface area contributed by atoms with Gasteiger partial charge < -0.3 is 10.2 Å². The second kappa shape index (κ2) is 7.66. The monoisotopic (exact) mass is 306 g/mol. The summed E-state index contributed by atoms with van der Waals surface area (Å²) in [6.07, 6.45) is 7.52. The average Bonchev–Trinajstić information content (AvgIpc) is 2.48. The highest BCUT2D eigenvalue weighted by atomic mass is 32.2. The van der Waals surface area contributed by atoms with Gasteiger partial charge in [-0.25, -0.2) is 0 Å². The Kier molecular flexibility index (Phi) is 6.15. The molecule has 1 aliphatic carbocycles. The summed E-state index contributed by atoms with van der Waals surface area (Å²) in [5.41, 5.74) is 1.72. The van der Waals surface area contributed by atoms with E-state index in [1.54, 1.807) is 11.8 Å². The predicted molar refractivity (Wildman–Crippen MR) is 94.0 cm³/mol. The summed E-state index contributed by atoms with van der Waals surface area (Å²) in [5.74, 6) is 0.851. The number of nitrogens with zero attached hydrogens (tertiary/aromatic N) is 1. The highest BCUT2D eigenvalue weighted by Gasteiger charge is 2.36. The summed E-state index contributed by atoms with van der Waals surface area (Å²) in [7, 11) is 4.49. The Morgan fingerprint density at radius 1 is 1.29 bits per heavy atom. The molecule has 1 saturated carbocycles. The van der Waals surface area contributed by atoms with E-state index in [4.69, 9.17) is 0 Å². The molecular formula is C18H30N2S. The van der Waals surface area contributed by atoms with Crippen LogP contribution in [-0.2, 0) is 6.54 Å². The summed E-state index contributed by atoms with van der Waals surface area (Å²) in [6.45, 7) is 4.46. The summed E-state index contributed by atoms with van der Waals surface area (Å²) in [6, 6.07) is 8.91. The Bertz CT molecular complexity index is 429. The molecule has 2 nitrogen and oxygen atoms in total. The smallest absolute Gasteiger partial charge is 0.0330 e. The SMILES string of the molecule is CSc1ccc(CNCC2(N(C)C)CCCC(C)C2)cc1. The zero-order valence-corrected chi connectivity index (χ0v) is 14.8. The zero-order valence-electron chi connectivity index (χ0n) is 14.0. The summed E-state index contributed by atoms with van der Waals surface area (Å²) >= 11 is 1.80. The zero-order chi connectivity index (χ0) is 15.3. The molecule has 1 N–H and O–H groups in total. The fourth-order valence-electron chi connectivity index (χ4n) is 3.54. The number of nitrogens with one attached hydrogen (secondary N) is 1. The van der Waals surface area contributed by atoms with Crippen LogP contribution in [0.25, 0.3) is 0 Å². The molecule has 1 aromatic rings. The molecule has 1 fully saturated rings. The van der Waals surface area contributed by atoms with Crippen molar-refractivity contribution < 1.29 is 0 Å². The van der Waals surface area contributed by atoms with Crippen LogP contribution >= 0.6 is 11.8 Å². The highest BCUT2D eigenvalue weighted by molar-refractivity contribution is 7.98. The van der Waals surface area contributed by atoms with Crippen LogP contribution in [0, 0.1) is 5.92 Å². The van der Waals surface area contributed by atoms with Crippen molar-refractivity contribution in [3.05, 3.63) is 29.8 Å². The topological polar surface area (TPSA) is 15.3 Å². The van der Waals surface area contributed by atoms with E-state index in [9.17, 15) is 0 Å². The van der Waals surface area contributed by atoms with Crippen molar-refractivity contribution in [3.8, 4) is 0 Å². The van der Waals surface area contributed by atoms with E-state index in [2.05, 4.69) is 61.8 Å². The van der Waals surface area contributed by atoms with Crippen LogP contribution in [0.15, 0.2) is 29.2 Å². The Morgan fingerprint density at radius 2 is 2.00 bits per heavy atom. The maximum Gasteiger partial charge on any atom is 0.0330 e. The Morgan fingerprint density at radius 3 is 2.57 bits per heavy atom. The Labute approximate surface area is 134 Å². The number of hydrogen-bond acceptors (Lipinski definition) is 3. The number of hydrogen-bond donors (Lipinski definition) is 1. The lowest BCUT2D eigenvalue weighted by Crippen LogP contribution is -2.54. The molecule has 0 aliphatic heterocycles. The largest absolute Gasteiger partial charge is 0.311 e. The molecule has 2 rings (SSSR count). The molecular weight excluding hydrogens is 276 g/mol. The molecule has 0 radical (unpaired) electrons. The van der Waals surface area contributed by atoms with Gasteiger partial charge in [0.1, 0.15) is 0 Å². The lowest BCUT2D eigenvalue weighted by molar-refractivity contribution is 0.0749. The minimum Gasteiger partial charge on any atom is -0.311 e. The van der Waals surface area contributed by atoms with E-state index in [1.165, 1.54) is 36.1 Å². The van der Waals surface area contributed by atoms with Gasteiger partial charge in [0.15, 0.2) is 0 Å². The molecule has 0 heterocycles. The summed E-state index contributed by atoms with van der Waals surface area (Å²) in [4.78, 5) is 3.79. The van der Waals surface area contributed by atoms with Gasteiger partial charge in [-0.15, -0.1) is 11.8 Å². The van der Waals surface area contributed by atoms with Gasteiger partial charge in [-0.3, -0.25) is 0 Å². The molecule has 0 spiro atoms. The van der Waals surface area contributed by atoms with Crippen LogP contribution in [0.5, 0.6) is 0 Å². The van der Waals surface area contributed by atoms with Crippen molar-refractivity contribution in [2.24, 2.45) is 5.92 Å². The molecule has 0 saturated heterocycles. The van der Waals surface area contributed by atoms with Gasteiger partial charge >= 0.3 is 0 Å². The molecule has 118 valence electrons. The van der Waals surface area contributed by atoms with Crippen molar-refractivity contribution in [2.75, 3.05) is 26.9 Å². The predicted octanol–water partition coefficient (Wildman–Crippen LogP) is 4.01. The van der Waals surface area contributed by atoms with E-state index in [1.807, 2.05) is 0 Å². The first-order valence-electron chi connectivity index (χ1n) is 8.07. The van der Waals surface area contributed by atoms with Crippen LogP contribution in [-0.4, -0.2) is 37.3 Å². The quantitative estimate of drug-likeness (QED) is 0.800. The molecule has 0 aromatic heterocycles. The first-order valence-corrected chi connectivity index (χ1v) is 9.29. The second-order valence-corrected chi connectivity index (χ2v) is 7.65. The molecule has 0 bridgehead atoms. The third-order valence-electron chi connectivity index (χ3n) is 4.96. The fraction of sp³-hybridized carbons (Fsp3) is 0.667. The molecule has 1 aromatic carbocycles. The molecule has 1 aliphatic rings. The van der Waals surface area contributed by atoms with E-state index in [0.717, 1.165) is 19.0 Å². The summed E-state index contributed by atoms with van der Waals surface area (Å²) in [5, 5.41) is 3.70. The lowest BCUT2D eigenvalue weighted by Gasteiger charge is -2.45. The maximum absolute atomic E-state index is 3.70. The number of rotatable bonds is 6. The maximum atomic E-state index is 3.70. The fourth-order valence-corrected chi connectivity index (χ4v) is 3.95. The Balaban J connectivity index is 1.89. The Hall–Kier alpha value is -0.510. The van der Waals surface area contributed by atoms with Crippen LogP contribution in [0.2, 0.25) is 0 Å². The second-order valence-electron chi connectivity index (χ2n) is 6.77. The van der Waals surface area contributed by atoms with Crippen LogP contribution in [0.1, 0.15) is 38.2 Å².